The van der Waals surface area contributed by atoms with Crippen molar-refractivity contribution in [1.29, 1.82) is 0 Å². The molecule has 3 rings (SSSR count). The van der Waals surface area contributed by atoms with E-state index in [-0.39, 0.29) is 36.3 Å². The molecule has 5 heteroatoms. The number of ether oxygens (including phenoxy) is 2. The molecular weight excluding hydrogens is 316 g/mol. The highest BCUT2D eigenvalue weighted by atomic mass is 16.7. The van der Waals surface area contributed by atoms with Crippen molar-refractivity contribution in [2.24, 2.45) is 22.1 Å². The minimum Gasteiger partial charge on any atom is -0.353 e. The maximum Gasteiger partial charge on any atom is 0.158 e. The molecule has 0 aromatic rings. The van der Waals surface area contributed by atoms with E-state index in [2.05, 4.69) is 29.3 Å². The summed E-state index contributed by atoms with van der Waals surface area (Å²) in [6.45, 7) is 3.03. The molecule has 0 N–H and O–H groups in total. The Hall–Kier alpha value is -1.07. The van der Waals surface area contributed by atoms with Gasteiger partial charge in [-0.1, -0.05) is 44.8 Å². The highest BCUT2D eigenvalue weighted by molar-refractivity contribution is 5.58. The monoisotopic (exact) mass is 348 g/mol. The number of carbonyl (C=O) groups is 1. The van der Waals surface area contributed by atoms with Crippen molar-refractivity contribution in [2.75, 3.05) is 6.61 Å². The minimum atomic E-state index is -0.0730. The maximum absolute atomic E-state index is 11.4. The van der Waals surface area contributed by atoms with E-state index in [0.29, 0.717) is 0 Å². The smallest absolute Gasteiger partial charge is 0.158 e. The van der Waals surface area contributed by atoms with Crippen LogP contribution in [0.25, 0.3) is 0 Å². The second-order valence-corrected chi connectivity index (χ2v) is 7.60. The number of aldehydes is 1. The number of carbonyl (C=O) groups excluding carboxylic acids is 1. The molecule has 4 unspecified atom stereocenters. The zero-order valence-electron chi connectivity index (χ0n) is 15.4. The van der Waals surface area contributed by atoms with Crippen LogP contribution in [0.5, 0.6) is 0 Å². The van der Waals surface area contributed by atoms with E-state index in [1.165, 1.54) is 32.1 Å². The van der Waals surface area contributed by atoms with Gasteiger partial charge in [-0.3, -0.25) is 0 Å². The zero-order valence-corrected chi connectivity index (χ0v) is 15.4. The summed E-state index contributed by atoms with van der Waals surface area (Å²) in [6, 6.07) is 0.283. The molecule has 2 bridgehead atoms. The molecule has 6 atom stereocenters. The van der Waals surface area contributed by atoms with Crippen LogP contribution in [-0.2, 0) is 14.3 Å². The summed E-state index contributed by atoms with van der Waals surface area (Å²) in [5.41, 5.74) is 0. The van der Waals surface area contributed by atoms with Gasteiger partial charge in [0.25, 0.3) is 0 Å². The predicted molar refractivity (Wildman–Crippen MR) is 96.5 cm³/mol. The second-order valence-electron chi connectivity index (χ2n) is 7.60. The molecule has 140 valence electrons. The van der Waals surface area contributed by atoms with Gasteiger partial charge in [-0.2, -0.15) is 10.2 Å². The van der Waals surface area contributed by atoms with Gasteiger partial charge in [-0.15, -0.1) is 0 Å². The molecule has 1 saturated heterocycles. The highest BCUT2D eigenvalue weighted by Crippen LogP contribution is 2.41. The van der Waals surface area contributed by atoms with Crippen molar-refractivity contribution in [3.05, 3.63) is 12.2 Å². The Labute approximate surface area is 151 Å². The van der Waals surface area contributed by atoms with Crippen LogP contribution in [0.4, 0.5) is 0 Å². The van der Waals surface area contributed by atoms with E-state index in [9.17, 15) is 4.79 Å². The molecule has 0 spiro atoms. The lowest BCUT2D eigenvalue weighted by atomic mass is 9.91. The van der Waals surface area contributed by atoms with Crippen molar-refractivity contribution in [1.82, 2.24) is 0 Å². The van der Waals surface area contributed by atoms with Gasteiger partial charge in [0.2, 0.25) is 0 Å². The quantitative estimate of drug-likeness (QED) is 0.333. The Morgan fingerprint density at radius 3 is 2.72 bits per heavy atom. The van der Waals surface area contributed by atoms with Crippen LogP contribution in [0.1, 0.15) is 64.7 Å². The van der Waals surface area contributed by atoms with Crippen molar-refractivity contribution in [3.63, 3.8) is 0 Å². The van der Waals surface area contributed by atoms with E-state index in [1.54, 1.807) is 0 Å². The van der Waals surface area contributed by atoms with Crippen LogP contribution in [0, 0.1) is 11.8 Å². The highest BCUT2D eigenvalue weighted by Gasteiger charge is 2.46. The molecule has 2 fully saturated rings. The number of rotatable bonds is 10. The summed E-state index contributed by atoms with van der Waals surface area (Å²) in [5.74, 6) is 0.180. The van der Waals surface area contributed by atoms with Gasteiger partial charge in [0, 0.05) is 18.4 Å². The Bertz CT molecular complexity index is 474. The predicted octanol–water partition coefficient (Wildman–Crippen LogP) is 4.46. The topological polar surface area (TPSA) is 60.2 Å². The number of hydrogen-bond donors (Lipinski definition) is 0. The minimum absolute atomic E-state index is 0.00887. The number of nitrogens with zero attached hydrogens (tertiary/aromatic N) is 2. The summed E-state index contributed by atoms with van der Waals surface area (Å²) in [7, 11) is 0. The first kappa shape index (κ1) is 18.7. The Kier molecular flexibility index (Phi) is 7.17. The van der Waals surface area contributed by atoms with Crippen LogP contribution in [0.15, 0.2) is 22.4 Å². The first-order valence-electron chi connectivity index (χ1n) is 10.1. The maximum atomic E-state index is 11.4. The fourth-order valence-electron chi connectivity index (χ4n) is 4.18. The van der Waals surface area contributed by atoms with Gasteiger partial charge in [-0.25, -0.2) is 0 Å². The Morgan fingerprint density at radius 1 is 1.16 bits per heavy atom. The largest absolute Gasteiger partial charge is 0.353 e. The van der Waals surface area contributed by atoms with Gasteiger partial charge in [0.15, 0.2) is 6.29 Å². The number of hydrogen-bond acceptors (Lipinski definition) is 5. The molecule has 0 aromatic heterocycles. The molecule has 5 nitrogen and oxygen atoms in total. The third kappa shape index (κ3) is 4.98. The molecule has 2 heterocycles. The zero-order chi connectivity index (χ0) is 17.5. The van der Waals surface area contributed by atoms with Crippen LogP contribution >= 0.6 is 0 Å². The summed E-state index contributed by atoms with van der Waals surface area (Å²) in [6.07, 6.45) is 15.6. The van der Waals surface area contributed by atoms with Crippen LogP contribution in [0.2, 0.25) is 0 Å². The van der Waals surface area contributed by atoms with E-state index >= 15 is 0 Å². The van der Waals surface area contributed by atoms with Crippen LogP contribution in [0.3, 0.4) is 0 Å². The van der Waals surface area contributed by atoms with Crippen molar-refractivity contribution in [2.45, 2.75) is 89.2 Å². The lowest BCUT2D eigenvalue weighted by Crippen LogP contribution is -2.28. The lowest BCUT2D eigenvalue weighted by molar-refractivity contribution is -0.179. The van der Waals surface area contributed by atoms with E-state index in [4.69, 9.17) is 9.47 Å². The third-order valence-electron chi connectivity index (χ3n) is 5.69. The van der Waals surface area contributed by atoms with E-state index in [0.717, 1.165) is 38.6 Å². The molecule has 0 amide bonds. The molecule has 25 heavy (non-hydrogen) atoms. The SMILES string of the molecule is CCCCCCC(/C=C/[C@H]1C2CC(N=N2)[C@@H]1C=O)OC1CCCCO1. The third-order valence-corrected chi connectivity index (χ3v) is 5.69. The average Bonchev–Trinajstić information content (AvgIpc) is 3.25. The normalized spacial score (nSPS) is 35.5. The fraction of sp³-hybridized carbons (Fsp3) is 0.850. The summed E-state index contributed by atoms with van der Waals surface area (Å²) in [4.78, 5) is 11.4. The van der Waals surface area contributed by atoms with Gasteiger partial charge < -0.3 is 14.3 Å². The van der Waals surface area contributed by atoms with Crippen molar-refractivity contribution < 1.29 is 14.3 Å². The Balaban J connectivity index is 1.57. The molecule has 0 aromatic carbocycles. The second kappa shape index (κ2) is 9.58. The van der Waals surface area contributed by atoms with Gasteiger partial charge in [-0.05, 0) is 32.1 Å². The van der Waals surface area contributed by atoms with E-state index in [1.807, 2.05) is 0 Å². The van der Waals surface area contributed by atoms with Crippen molar-refractivity contribution >= 4 is 6.29 Å². The van der Waals surface area contributed by atoms with Gasteiger partial charge >= 0.3 is 0 Å². The van der Waals surface area contributed by atoms with Gasteiger partial charge in [0.05, 0.1) is 18.2 Å². The first-order valence-corrected chi connectivity index (χ1v) is 10.1. The fourth-order valence-corrected chi connectivity index (χ4v) is 4.18. The Morgan fingerprint density at radius 2 is 2.00 bits per heavy atom. The summed E-state index contributed by atoms with van der Waals surface area (Å²) < 4.78 is 12.0. The first-order chi connectivity index (χ1) is 12.3. The molecule has 0 radical (unpaired) electrons. The average molecular weight is 348 g/mol. The number of azo groups is 1. The van der Waals surface area contributed by atoms with Crippen LogP contribution in [-0.4, -0.2) is 37.4 Å². The lowest BCUT2D eigenvalue weighted by Gasteiger charge is -2.27. The molecule has 3 aliphatic rings. The summed E-state index contributed by atoms with van der Waals surface area (Å²) in [5, 5.41) is 8.52. The van der Waals surface area contributed by atoms with E-state index < -0.39 is 0 Å². The van der Waals surface area contributed by atoms with Gasteiger partial charge in [0.1, 0.15) is 6.29 Å². The standard InChI is InChI=1S/C20H32N2O3/c1-2-3-4-5-8-15(25-20-9-6-7-12-24-20)10-11-16-17(14-23)19-13-18(16)21-22-19/h10-11,14-20H,2-9,12-13H2,1H3/b11-10+/t15?,16-,17-,18?,19?,20?/m1/s1. The van der Waals surface area contributed by atoms with Crippen LogP contribution < -0.4 is 0 Å². The number of unbranched alkanes of at least 4 members (excludes halogenated alkanes) is 3. The molecule has 1 aliphatic carbocycles. The summed E-state index contributed by atoms with van der Waals surface area (Å²) >= 11 is 0. The number of fused-ring (bicyclic) bond motifs is 2. The molecule has 2 aliphatic heterocycles. The van der Waals surface area contributed by atoms with Crippen molar-refractivity contribution in [3.8, 4) is 0 Å². The molecular formula is C20H32N2O3. The molecule has 1 saturated carbocycles.